The lowest BCUT2D eigenvalue weighted by Gasteiger charge is -2.14. The number of ketones is 1. The average molecular weight is 213 g/mol. The Kier molecular flexibility index (Phi) is 2.37. The van der Waals surface area contributed by atoms with Gasteiger partial charge in [-0.1, -0.05) is 11.6 Å². The van der Waals surface area contributed by atoms with E-state index in [1.807, 2.05) is 0 Å². The highest BCUT2D eigenvalue weighted by molar-refractivity contribution is 6.30. The zero-order valence-electron chi connectivity index (χ0n) is 7.71. The number of hydrogen-bond acceptors (Lipinski definition) is 4. The van der Waals surface area contributed by atoms with Crippen molar-refractivity contribution in [3.05, 3.63) is 16.4 Å². The van der Waals surface area contributed by atoms with Crippen LogP contribution in [0.5, 0.6) is 6.01 Å². The van der Waals surface area contributed by atoms with E-state index in [0.717, 1.165) is 11.3 Å². The lowest BCUT2D eigenvalue weighted by molar-refractivity contribution is -0.118. The van der Waals surface area contributed by atoms with Gasteiger partial charge in [0.25, 0.3) is 0 Å². The van der Waals surface area contributed by atoms with Crippen LogP contribution in [0.4, 0.5) is 0 Å². The number of ether oxygens (including phenoxy) is 1. The highest BCUT2D eigenvalue weighted by atomic mass is 35.5. The molecule has 1 aromatic heterocycles. The zero-order chi connectivity index (χ0) is 10.1. The smallest absolute Gasteiger partial charge is 0.317 e. The Balaban J connectivity index is 2.48. The van der Waals surface area contributed by atoms with E-state index in [-0.39, 0.29) is 11.8 Å². The van der Waals surface area contributed by atoms with E-state index in [1.165, 1.54) is 7.11 Å². The molecule has 1 heterocycles. The molecule has 0 radical (unpaired) electrons. The van der Waals surface area contributed by atoms with Crippen molar-refractivity contribution >= 4 is 17.4 Å². The number of methoxy groups -OCH3 is 1. The van der Waals surface area contributed by atoms with Gasteiger partial charge < -0.3 is 4.74 Å². The fourth-order valence-corrected chi connectivity index (χ4v) is 1.74. The molecule has 0 saturated carbocycles. The summed E-state index contributed by atoms with van der Waals surface area (Å²) in [5.41, 5.74) is 1.59. The first kappa shape index (κ1) is 9.40. The minimum Gasteiger partial charge on any atom is -0.467 e. The minimum atomic E-state index is 0.188. The molecular weight excluding hydrogens is 204 g/mol. The molecule has 1 aromatic rings. The maximum Gasteiger partial charge on any atom is 0.317 e. The maximum absolute atomic E-state index is 11.2. The van der Waals surface area contributed by atoms with Crippen molar-refractivity contribution in [1.82, 2.24) is 9.97 Å². The van der Waals surface area contributed by atoms with E-state index in [0.29, 0.717) is 24.4 Å². The lowest BCUT2D eigenvalue weighted by atomic mass is 9.96. The van der Waals surface area contributed by atoms with Gasteiger partial charge in [0.2, 0.25) is 0 Å². The van der Waals surface area contributed by atoms with Gasteiger partial charge in [0.1, 0.15) is 10.9 Å². The Morgan fingerprint density at radius 1 is 1.36 bits per heavy atom. The van der Waals surface area contributed by atoms with Crippen molar-refractivity contribution in [3.63, 3.8) is 0 Å². The number of Topliss-reactive ketones (excluding diaryl/α,β-unsaturated/α-hetero) is 1. The summed E-state index contributed by atoms with van der Waals surface area (Å²) in [6, 6.07) is 0.267. The fraction of sp³-hybridized carbons (Fsp3) is 0.444. The first-order valence-electron chi connectivity index (χ1n) is 4.31. The summed E-state index contributed by atoms with van der Waals surface area (Å²) >= 11 is 5.91. The number of aryl methyl sites for hydroxylation is 1. The summed E-state index contributed by atoms with van der Waals surface area (Å²) < 4.78 is 4.90. The van der Waals surface area contributed by atoms with Gasteiger partial charge >= 0.3 is 6.01 Å². The van der Waals surface area contributed by atoms with E-state index < -0.39 is 0 Å². The first-order chi connectivity index (χ1) is 6.70. The number of carbonyl (C=O) groups excluding carboxylic acids is 1. The van der Waals surface area contributed by atoms with E-state index >= 15 is 0 Å². The average Bonchev–Trinajstić information content (AvgIpc) is 2.19. The van der Waals surface area contributed by atoms with Crippen molar-refractivity contribution in [3.8, 4) is 6.01 Å². The van der Waals surface area contributed by atoms with Crippen LogP contribution in [0.25, 0.3) is 0 Å². The Morgan fingerprint density at radius 2 is 2.14 bits per heavy atom. The number of aromatic nitrogens is 2. The monoisotopic (exact) mass is 212 g/mol. The summed E-state index contributed by atoms with van der Waals surface area (Å²) in [7, 11) is 1.49. The molecule has 0 unspecified atom stereocenters. The van der Waals surface area contributed by atoms with Gasteiger partial charge in [0.05, 0.1) is 12.8 Å². The van der Waals surface area contributed by atoms with Crippen molar-refractivity contribution < 1.29 is 9.53 Å². The number of carbonyl (C=O) groups is 1. The second kappa shape index (κ2) is 3.53. The molecule has 0 aliphatic heterocycles. The van der Waals surface area contributed by atoms with Gasteiger partial charge in [0, 0.05) is 18.4 Å². The van der Waals surface area contributed by atoms with Crippen LogP contribution in [0.3, 0.4) is 0 Å². The Labute approximate surface area is 86.3 Å². The van der Waals surface area contributed by atoms with Crippen LogP contribution in [-0.2, 0) is 17.6 Å². The fourth-order valence-electron chi connectivity index (χ4n) is 1.49. The standard InChI is InChI=1S/C9H9ClN2O2/c1-14-9-11-7-3-2-5(13)4-6(7)8(10)12-9/h2-4H2,1H3. The maximum atomic E-state index is 11.2. The van der Waals surface area contributed by atoms with Crippen LogP contribution >= 0.6 is 11.6 Å². The van der Waals surface area contributed by atoms with Gasteiger partial charge in [-0.05, 0) is 6.42 Å². The topological polar surface area (TPSA) is 52.1 Å². The molecule has 0 atom stereocenters. The molecule has 4 nitrogen and oxygen atoms in total. The van der Waals surface area contributed by atoms with Crippen LogP contribution in [0.1, 0.15) is 17.7 Å². The molecule has 14 heavy (non-hydrogen) atoms. The second-order valence-electron chi connectivity index (χ2n) is 3.14. The molecule has 1 aliphatic carbocycles. The third-order valence-electron chi connectivity index (χ3n) is 2.22. The number of hydrogen-bond donors (Lipinski definition) is 0. The van der Waals surface area contributed by atoms with E-state index in [4.69, 9.17) is 16.3 Å². The van der Waals surface area contributed by atoms with Crippen LogP contribution in [0.2, 0.25) is 5.15 Å². The number of halogens is 1. The van der Waals surface area contributed by atoms with Gasteiger partial charge in [0.15, 0.2) is 0 Å². The summed E-state index contributed by atoms with van der Waals surface area (Å²) in [4.78, 5) is 19.3. The SMILES string of the molecule is COc1nc(Cl)c2c(n1)CCC(=O)C2. The molecule has 0 N–H and O–H groups in total. The molecule has 0 saturated heterocycles. The van der Waals surface area contributed by atoms with E-state index in [1.54, 1.807) is 0 Å². The van der Waals surface area contributed by atoms with E-state index in [9.17, 15) is 4.79 Å². The lowest BCUT2D eigenvalue weighted by Crippen LogP contribution is -2.16. The largest absolute Gasteiger partial charge is 0.467 e. The Morgan fingerprint density at radius 3 is 2.86 bits per heavy atom. The molecule has 0 aromatic carbocycles. The summed E-state index contributed by atoms with van der Waals surface area (Å²) in [5, 5.41) is 0.333. The highest BCUT2D eigenvalue weighted by Gasteiger charge is 2.21. The number of nitrogens with zero attached hydrogens (tertiary/aromatic N) is 2. The highest BCUT2D eigenvalue weighted by Crippen LogP contribution is 2.25. The van der Waals surface area contributed by atoms with Crippen molar-refractivity contribution in [2.24, 2.45) is 0 Å². The summed E-state index contributed by atoms with van der Waals surface area (Å²) in [6.07, 6.45) is 1.51. The van der Waals surface area contributed by atoms with Crippen molar-refractivity contribution in [2.75, 3.05) is 7.11 Å². The van der Waals surface area contributed by atoms with E-state index in [2.05, 4.69) is 9.97 Å². The molecule has 0 fully saturated rings. The molecular formula is C9H9ClN2O2. The van der Waals surface area contributed by atoms with Crippen molar-refractivity contribution in [1.29, 1.82) is 0 Å². The summed E-state index contributed by atoms with van der Waals surface area (Å²) in [5.74, 6) is 0.188. The van der Waals surface area contributed by atoms with Gasteiger partial charge in [-0.2, -0.15) is 9.97 Å². The summed E-state index contributed by atoms with van der Waals surface area (Å²) in [6.45, 7) is 0. The van der Waals surface area contributed by atoms with Crippen molar-refractivity contribution in [2.45, 2.75) is 19.3 Å². The zero-order valence-corrected chi connectivity index (χ0v) is 8.47. The predicted molar refractivity (Wildman–Crippen MR) is 50.6 cm³/mol. The molecule has 5 heteroatoms. The Bertz CT molecular complexity index is 393. The van der Waals surface area contributed by atoms with Crippen LogP contribution in [0.15, 0.2) is 0 Å². The van der Waals surface area contributed by atoms with Gasteiger partial charge in [-0.15, -0.1) is 0 Å². The third kappa shape index (κ3) is 1.57. The minimum absolute atomic E-state index is 0.188. The molecule has 1 aliphatic rings. The van der Waals surface area contributed by atoms with Crippen LogP contribution < -0.4 is 4.74 Å². The van der Waals surface area contributed by atoms with Gasteiger partial charge in [-0.3, -0.25) is 4.79 Å². The normalized spacial score (nSPS) is 15.1. The molecule has 0 bridgehead atoms. The predicted octanol–water partition coefficient (Wildman–Crippen LogP) is 1.20. The molecule has 0 amide bonds. The quantitative estimate of drug-likeness (QED) is 0.657. The molecule has 74 valence electrons. The number of rotatable bonds is 1. The van der Waals surface area contributed by atoms with Gasteiger partial charge in [-0.25, -0.2) is 0 Å². The second-order valence-corrected chi connectivity index (χ2v) is 3.50. The first-order valence-corrected chi connectivity index (χ1v) is 4.69. The van der Waals surface area contributed by atoms with Crippen LogP contribution in [-0.4, -0.2) is 22.9 Å². The molecule has 2 rings (SSSR count). The molecule has 0 spiro atoms. The van der Waals surface area contributed by atoms with Crippen LogP contribution in [0, 0.1) is 0 Å². The third-order valence-corrected chi connectivity index (χ3v) is 2.53. The Hall–Kier alpha value is -1.16. The number of fused-ring (bicyclic) bond motifs is 1.